The molecule has 1 aliphatic heterocycles. The number of benzene rings is 1. The molecule has 7 nitrogen and oxygen atoms in total. The van der Waals surface area contributed by atoms with E-state index in [9.17, 15) is 0 Å². The first-order valence-electron chi connectivity index (χ1n) is 8.80. The van der Waals surface area contributed by atoms with E-state index in [2.05, 4.69) is 25.4 Å². The van der Waals surface area contributed by atoms with E-state index in [4.69, 9.17) is 9.47 Å². The highest BCUT2D eigenvalue weighted by molar-refractivity contribution is 5.40. The topological polar surface area (TPSA) is 72.4 Å². The van der Waals surface area contributed by atoms with E-state index in [0.29, 0.717) is 19.1 Å². The molecule has 3 rings (SSSR count). The Morgan fingerprint density at radius 3 is 2.48 bits per heavy atom. The second kappa shape index (κ2) is 9.05. The summed E-state index contributed by atoms with van der Waals surface area (Å²) in [5, 5.41) is 11.3. The Hall–Kier alpha value is -2.57. The van der Waals surface area contributed by atoms with Crippen LogP contribution in [0.2, 0.25) is 0 Å². The van der Waals surface area contributed by atoms with Gasteiger partial charge in [-0.05, 0) is 37.1 Å². The van der Waals surface area contributed by atoms with Gasteiger partial charge in [-0.25, -0.2) is 0 Å². The monoisotopic (exact) mass is 343 g/mol. The second-order valence-electron chi connectivity index (χ2n) is 5.99. The van der Waals surface area contributed by atoms with Crippen LogP contribution in [0.15, 0.2) is 30.5 Å². The molecule has 1 aromatic carbocycles. The number of aromatic nitrogens is 3. The predicted octanol–water partition coefficient (Wildman–Crippen LogP) is 2.75. The summed E-state index contributed by atoms with van der Waals surface area (Å²) in [6.45, 7) is 3.21. The molecule has 2 heterocycles. The molecule has 0 spiro atoms. The van der Waals surface area contributed by atoms with Crippen molar-refractivity contribution in [3.05, 3.63) is 30.5 Å². The third kappa shape index (κ3) is 5.20. The number of anilines is 2. The second-order valence-corrected chi connectivity index (χ2v) is 5.99. The van der Waals surface area contributed by atoms with Gasteiger partial charge >= 0.3 is 0 Å². The van der Waals surface area contributed by atoms with Crippen molar-refractivity contribution in [3.63, 3.8) is 0 Å². The average molecular weight is 343 g/mol. The minimum atomic E-state index is 0.517. The van der Waals surface area contributed by atoms with E-state index in [0.717, 1.165) is 30.4 Å². The minimum absolute atomic E-state index is 0.517. The molecule has 0 saturated carbocycles. The molecular formula is C18H25N5O2. The van der Waals surface area contributed by atoms with Crippen molar-refractivity contribution in [1.82, 2.24) is 15.2 Å². The third-order valence-electron chi connectivity index (χ3n) is 4.19. The van der Waals surface area contributed by atoms with Crippen molar-refractivity contribution < 1.29 is 9.47 Å². The Labute approximate surface area is 148 Å². The van der Waals surface area contributed by atoms with E-state index in [1.54, 1.807) is 13.3 Å². The van der Waals surface area contributed by atoms with E-state index < -0.39 is 0 Å². The zero-order chi connectivity index (χ0) is 17.3. The summed E-state index contributed by atoms with van der Waals surface area (Å²) in [6.07, 6.45) is 6.75. The molecule has 0 bridgehead atoms. The Bertz CT molecular complexity index is 642. The van der Waals surface area contributed by atoms with Crippen LogP contribution in [-0.4, -0.2) is 48.5 Å². The molecule has 0 radical (unpaired) electrons. The molecule has 1 fully saturated rings. The molecule has 7 heteroatoms. The van der Waals surface area contributed by atoms with Gasteiger partial charge in [0.05, 0.1) is 19.9 Å². The van der Waals surface area contributed by atoms with Gasteiger partial charge in [-0.1, -0.05) is 12.8 Å². The van der Waals surface area contributed by atoms with Crippen LogP contribution in [0.4, 0.5) is 11.8 Å². The summed E-state index contributed by atoms with van der Waals surface area (Å²) in [7, 11) is 1.65. The number of nitrogens with zero attached hydrogens (tertiary/aromatic N) is 4. The van der Waals surface area contributed by atoms with Crippen molar-refractivity contribution in [2.45, 2.75) is 25.7 Å². The quantitative estimate of drug-likeness (QED) is 0.775. The van der Waals surface area contributed by atoms with Crippen molar-refractivity contribution in [1.29, 1.82) is 0 Å². The lowest BCUT2D eigenvalue weighted by Gasteiger charge is -2.20. The summed E-state index contributed by atoms with van der Waals surface area (Å²) >= 11 is 0. The van der Waals surface area contributed by atoms with E-state index in [1.807, 2.05) is 24.3 Å². The number of nitrogens with one attached hydrogen (secondary N) is 1. The van der Waals surface area contributed by atoms with Crippen molar-refractivity contribution in [2.24, 2.45) is 0 Å². The van der Waals surface area contributed by atoms with Crippen LogP contribution in [0.1, 0.15) is 25.7 Å². The van der Waals surface area contributed by atoms with E-state index in [1.165, 1.54) is 25.7 Å². The van der Waals surface area contributed by atoms with Crippen LogP contribution in [0.25, 0.3) is 0 Å². The molecule has 0 amide bonds. The summed E-state index contributed by atoms with van der Waals surface area (Å²) in [5.41, 5.74) is 0. The zero-order valence-corrected chi connectivity index (χ0v) is 14.6. The fourth-order valence-electron chi connectivity index (χ4n) is 2.83. The molecule has 25 heavy (non-hydrogen) atoms. The molecule has 2 aromatic rings. The lowest BCUT2D eigenvalue weighted by molar-refractivity contribution is 0.331. The third-order valence-corrected chi connectivity index (χ3v) is 4.19. The van der Waals surface area contributed by atoms with Gasteiger partial charge in [0.15, 0.2) is 5.82 Å². The van der Waals surface area contributed by atoms with Gasteiger partial charge in [0.25, 0.3) is 0 Å². The fraction of sp³-hybridized carbons (Fsp3) is 0.500. The Balaban J connectivity index is 1.47. The van der Waals surface area contributed by atoms with Crippen molar-refractivity contribution in [3.8, 4) is 11.5 Å². The SMILES string of the molecule is COc1ccc(OCCNc2nncc(N3CCCCCC3)n2)cc1. The van der Waals surface area contributed by atoms with Gasteiger partial charge in [-0.15, -0.1) is 5.10 Å². The highest BCUT2D eigenvalue weighted by Crippen LogP contribution is 2.18. The molecule has 0 aliphatic carbocycles. The molecule has 1 aromatic heterocycles. The maximum Gasteiger partial charge on any atom is 0.244 e. The van der Waals surface area contributed by atoms with Gasteiger partial charge in [0.2, 0.25) is 5.95 Å². The summed E-state index contributed by atoms with van der Waals surface area (Å²) in [6, 6.07) is 7.52. The lowest BCUT2D eigenvalue weighted by atomic mass is 10.2. The van der Waals surface area contributed by atoms with Gasteiger partial charge in [0, 0.05) is 13.1 Å². The predicted molar refractivity (Wildman–Crippen MR) is 97.5 cm³/mol. The molecule has 0 unspecified atom stereocenters. The summed E-state index contributed by atoms with van der Waals surface area (Å²) in [5.74, 6) is 3.06. The molecule has 1 saturated heterocycles. The first-order valence-corrected chi connectivity index (χ1v) is 8.80. The number of rotatable bonds is 7. The van der Waals surface area contributed by atoms with Crippen LogP contribution in [0.5, 0.6) is 11.5 Å². The first-order chi connectivity index (χ1) is 12.3. The Morgan fingerprint density at radius 2 is 1.76 bits per heavy atom. The molecule has 134 valence electrons. The van der Waals surface area contributed by atoms with Crippen LogP contribution in [0.3, 0.4) is 0 Å². The number of ether oxygens (including phenoxy) is 2. The Kier molecular flexibility index (Phi) is 6.25. The molecule has 1 N–H and O–H groups in total. The highest BCUT2D eigenvalue weighted by Gasteiger charge is 2.12. The van der Waals surface area contributed by atoms with Crippen LogP contribution in [-0.2, 0) is 0 Å². The smallest absolute Gasteiger partial charge is 0.244 e. The summed E-state index contributed by atoms with van der Waals surface area (Å²) in [4.78, 5) is 6.87. The van der Waals surface area contributed by atoms with Crippen LogP contribution >= 0.6 is 0 Å². The number of methoxy groups -OCH3 is 1. The van der Waals surface area contributed by atoms with Gasteiger partial charge in [-0.2, -0.15) is 10.1 Å². The van der Waals surface area contributed by atoms with Crippen LogP contribution in [0, 0.1) is 0 Å². The zero-order valence-electron chi connectivity index (χ0n) is 14.6. The summed E-state index contributed by atoms with van der Waals surface area (Å²) < 4.78 is 10.8. The minimum Gasteiger partial charge on any atom is -0.497 e. The van der Waals surface area contributed by atoms with Crippen molar-refractivity contribution in [2.75, 3.05) is 43.6 Å². The average Bonchev–Trinajstić information content (AvgIpc) is 2.95. The lowest BCUT2D eigenvalue weighted by Crippen LogP contribution is -2.25. The van der Waals surface area contributed by atoms with E-state index >= 15 is 0 Å². The maximum absolute atomic E-state index is 5.69. The standard InChI is InChI=1S/C18H25N5O2/c1-24-15-6-8-16(9-7-15)25-13-10-19-18-21-17(14-20-22-18)23-11-4-2-3-5-12-23/h6-9,14H,2-5,10-13H2,1H3,(H,19,21,22). The first kappa shape index (κ1) is 17.3. The number of hydrogen-bond acceptors (Lipinski definition) is 7. The van der Waals surface area contributed by atoms with Crippen molar-refractivity contribution >= 4 is 11.8 Å². The van der Waals surface area contributed by atoms with E-state index in [-0.39, 0.29) is 0 Å². The van der Waals surface area contributed by atoms with Gasteiger partial charge in [-0.3, -0.25) is 0 Å². The highest BCUT2D eigenvalue weighted by atomic mass is 16.5. The van der Waals surface area contributed by atoms with Crippen LogP contribution < -0.4 is 19.7 Å². The normalized spacial score (nSPS) is 14.7. The number of hydrogen-bond donors (Lipinski definition) is 1. The molecule has 1 aliphatic rings. The Morgan fingerprint density at radius 1 is 1.04 bits per heavy atom. The largest absolute Gasteiger partial charge is 0.497 e. The maximum atomic E-state index is 5.69. The van der Waals surface area contributed by atoms with Gasteiger partial charge in [0.1, 0.15) is 18.1 Å². The molecular weight excluding hydrogens is 318 g/mol. The molecule has 0 atom stereocenters. The fourth-order valence-corrected chi connectivity index (χ4v) is 2.83. The van der Waals surface area contributed by atoms with Gasteiger partial charge < -0.3 is 19.7 Å².